The van der Waals surface area contributed by atoms with E-state index in [2.05, 4.69) is 41.0 Å². The van der Waals surface area contributed by atoms with Crippen molar-refractivity contribution >= 4 is 60.0 Å². The van der Waals surface area contributed by atoms with Gasteiger partial charge in [0, 0.05) is 75.8 Å². The van der Waals surface area contributed by atoms with Crippen LogP contribution >= 0.6 is 11.3 Å². The summed E-state index contributed by atoms with van der Waals surface area (Å²) in [5, 5.41) is 2.78. The first-order valence-corrected chi connectivity index (χ1v) is 15.2. The van der Waals surface area contributed by atoms with Gasteiger partial charge in [0.2, 0.25) is 5.91 Å². The van der Waals surface area contributed by atoms with E-state index in [0.717, 1.165) is 43.5 Å². The summed E-state index contributed by atoms with van der Waals surface area (Å²) in [5.41, 5.74) is 3.33. The molecule has 0 saturated carbocycles. The fourth-order valence-corrected chi connectivity index (χ4v) is 7.15. The van der Waals surface area contributed by atoms with Gasteiger partial charge in [-0.25, -0.2) is 0 Å². The summed E-state index contributed by atoms with van der Waals surface area (Å²) in [6.45, 7) is 7.14. The molecule has 0 N–H and O–H groups in total. The maximum atomic E-state index is 13.2. The Kier molecular flexibility index (Phi) is 7.19. The van der Waals surface area contributed by atoms with Crippen molar-refractivity contribution in [2.75, 3.05) is 69.5 Å². The third-order valence-electron chi connectivity index (χ3n) is 8.44. The first-order valence-electron chi connectivity index (χ1n) is 14.4. The van der Waals surface area contributed by atoms with Crippen LogP contribution in [0.5, 0.6) is 0 Å². The van der Waals surface area contributed by atoms with Crippen LogP contribution in [0.4, 0.5) is 11.6 Å². The predicted molar refractivity (Wildman–Crippen MR) is 169 cm³/mol. The largest absolute Gasteiger partial charge is 0.440 e. The molecule has 1 amide bonds. The Morgan fingerprint density at radius 1 is 0.929 bits per heavy atom. The second-order valence-electron chi connectivity index (χ2n) is 11.0. The molecule has 216 valence electrons. The number of hydrogen-bond acceptors (Lipinski definition) is 8. The maximum absolute atomic E-state index is 13.2. The lowest BCUT2D eigenvalue weighted by atomic mass is 10.0. The molecular formula is C33H33N3O5S. The molecule has 0 bridgehead atoms. The molecule has 7 rings (SSSR count). The van der Waals surface area contributed by atoms with Crippen LogP contribution in [-0.4, -0.2) is 76.5 Å². The van der Waals surface area contributed by atoms with Crippen molar-refractivity contribution in [3.63, 3.8) is 0 Å². The molecule has 3 aromatic carbocycles. The second-order valence-corrected chi connectivity index (χ2v) is 12.1. The van der Waals surface area contributed by atoms with Gasteiger partial charge in [-0.2, -0.15) is 0 Å². The Labute approximate surface area is 247 Å². The molecule has 5 aromatic rings. The Hall–Kier alpha value is -3.76. The number of carbonyl (C=O) groups excluding carboxylic acids is 1. The molecule has 1 atom stereocenters. The Bertz CT molecular complexity index is 1860. The van der Waals surface area contributed by atoms with Gasteiger partial charge in [0.1, 0.15) is 5.58 Å². The van der Waals surface area contributed by atoms with Crippen molar-refractivity contribution in [1.29, 1.82) is 0 Å². The first kappa shape index (κ1) is 27.1. The third-order valence-corrected chi connectivity index (χ3v) is 9.66. The van der Waals surface area contributed by atoms with Crippen molar-refractivity contribution in [1.82, 2.24) is 4.90 Å². The van der Waals surface area contributed by atoms with E-state index in [0.29, 0.717) is 62.9 Å². The number of carbonyl (C=O) groups is 1. The van der Waals surface area contributed by atoms with E-state index in [4.69, 9.17) is 13.9 Å². The van der Waals surface area contributed by atoms with E-state index in [9.17, 15) is 9.59 Å². The van der Waals surface area contributed by atoms with E-state index in [-0.39, 0.29) is 17.4 Å². The Morgan fingerprint density at radius 3 is 2.50 bits per heavy atom. The molecule has 9 heteroatoms. The summed E-state index contributed by atoms with van der Waals surface area (Å²) in [7, 11) is 1.85. The van der Waals surface area contributed by atoms with Crippen LogP contribution in [0.25, 0.3) is 42.3 Å². The quantitative estimate of drug-likeness (QED) is 0.276. The zero-order valence-electron chi connectivity index (χ0n) is 23.8. The monoisotopic (exact) mass is 583 g/mol. The van der Waals surface area contributed by atoms with E-state index >= 15 is 0 Å². The predicted octanol–water partition coefficient (Wildman–Crippen LogP) is 5.35. The zero-order valence-corrected chi connectivity index (χ0v) is 24.6. The van der Waals surface area contributed by atoms with Gasteiger partial charge in [-0.05, 0) is 31.2 Å². The number of thiophene rings is 1. The second kappa shape index (κ2) is 11.1. The van der Waals surface area contributed by atoms with Crippen molar-refractivity contribution in [3.05, 3.63) is 70.9 Å². The smallest absolute Gasteiger partial charge is 0.240 e. The highest BCUT2D eigenvalue weighted by atomic mass is 32.1. The van der Waals surface area contributed by atoms with Crippen LogP contribution in [0.3, 0.4) is 0 Å². The van der Waals surface area contributed by atoms with Crippen molar-refractivity contribution in [3.8, 4) is 11.1 Å². The summed E-state index contributed by atoms with van der Waals surface area (Å²) >= 11 is 1.71. The Balaban J connectivity index is 1.28. The van der Waals surface area contributed by atoms with Crippen LogP contribution in [-0.2, 0) is 14.3 Å². The van der Waals surface area contributed by atoms with E-state index < -0.39 is 0 Å². The fourth-order valence-electron chi connectivity index (χ4n) is 5.94. The van der Waals surface area contributed by atoms with Gasteiger partial charge < -0.3 is 23.7 Å². The van der Waals surface area contributed by atoms with Crippen molar-refractivity contribution in [2.24, 2.45) is 0 Å². The number of rotatable bonds is 5. The van der Waals surface area contributed by atoms with Gasteiger partial charge in [0.15, 0.2) is 11.3 Å². The molecule has 2 aliphatic heterocycles. The van der Waals surface area contributed by atoms with E-state index in [1.165, 1.54) is 0 Å². The van der Waals surface area contributed by atoms with Crippen molar-refractivity contribution in [2.45, 2.75) is 13.0 Å². The van der Waals surface area contributed by atoms with Gasteiger partial charge in [0.25, 0.3) is 0 Å². The van der Waals surface area contributed by atoms with Gasteiger partial charge >= 0.3 is 0 Å². The van der Waals surface area contributed by atoms with E-state index in [1.807, 2.05) is 37.4 Å². The number of para-hydroxylation sites is 1. The molecule has 2 saturated heterocycles. The molecule has 0 radical (unpaired) electrons. The number of nitrogens with zero attached hydrogens (tertiary/aromatic N) is 3. The number of anilines is 2. The lowest BCUT2D eigenvalue weighted by Crippen LogP contribution is -2.48. The van der Waals surface area contributed by atoms with Crippen LogP contribution in [0.2, 0.25) is 0 Å². The molecule has 0 aliphatic carbocycles. The fraction of sp³-hybridized carbons (Fsp3) is 0.333. The molecule has 2 aromatic heterocycles. The highest BCUT2D eigenvalue weighted by Gasteiger charge is 2.24. The minimum Gasteiger partial charge on any atom is -0.440 e. The average Bonchev–Trinajstić information content (AvgIpc) is 3.40. The minimum atomic E-state index is -0.0491. The van der Waals surface area contributed by atoms with Gasteiger partial charge in [0.05, 0.1) is 38.4 Å². The molecule has 2 fully saturated rings. The van der Waals surface area contributed by atoms with Crippen molar-refractivity contribution < 1.29 is 18.7 Å². The highest BCUT2D eigenvalue weighted by Crippen LogP contribution is 2.42. The minimum absolute atomic E-state index is 0.0491. The van der Waals surface area contributed by atoms with E-state index in [1.54, 1.807) is 22.3 Å². The van der Waals surface area contributed by atoms with Crippen LogP contribution in [0, 0.1) is 0 Å². The summed E-state index contributed by atoms with van der Waals surface area (Å²) < 4.78 is 19.7. The van der Waals surface area contributed by atoms with Gasteiger partial charge in [-0.15, -0.1) is 11.3 Å². The molecule has 42 heavy (non-hydrogen) atoms. The summed E-state index contributed by atoms with van der Waals surface area (Å²) in [6.07, 6.45) is 0. The molecule has 4 heterocycles. The Morgan fingerprint density at radius 2 is 1.69 bits per heavy atom. The lowest BCUT2D eigenvalue weighted by Gasteiger charge is -2.33. The average molecular weight is 584 g/mol. The number of hydrogen-bond donors (Lipinski definition) is 0. The summed E-state index contributed by atoms with van der Waals surface area (Å²) in [6, 6.07) is 20.1. The van der Waals surface area contributed by atoms with Crippen LogP contribution < -0.4 is 15.2 Å². The topological polar surface area (TPSA) is 75.5 Å². The standard InChI is InChI=1S/C33H33N3O5S/c1-21-20-40-16-13-36(21)19-30(38)34(2)22-9-10-29-27(17-22)25-7-4-6-24(33(25)42-29)23-5-3-8-26-28(37)18-31(41-32(23)26)35-11-14-39-15-12-35/h3-10,17-18,21H,11-16,19-20H2,1-2H3. The number of ether oxygens (including phenoxy) is 2. The van der Waals surface area contributed by atoms with Gasteiger partial charge in [-0.1, -0.05) is 30.3 Å². The number of morpholine rings is 2. The van der Waals surface area contributed by atoms with Gasteiger partial charge in [-0.3, -0.25) is 14.5 Å². The van der Waals surface area contributed by atoms with Crippen LogP contribution in [0.15, 0.2) is 69.9 Å². The normalized spacial score (nSPS) is 18.2. The summed E-state index contributed by atoms with van der Waals surface area (Å²) in [4.78, 5) is 32.4. The molecule has 0 spiro atoms. The number of amides is 1. The zero-order chi connectivity index (χ0) is 28.8. The number of likely N-dealkylation sites (N-methyl/N-ethyl adjacent to an activating group) is 1. The highest BCUT2D eigenvalue weighted by molar-refractivity contribution is 7.26. The number of fused-ring (bicyclic) bond motifs is 4. The third kappa shape index (κ3) is 4.86. The summed E-state index contributed by atoms with van der Waals surface area (Å²) in [5.74, 6) is 0.640. The molecule has 1 unspecified atom stereocenters. The lowest BCUT2D eigenvalue weighted by molar-refractivity contribution is -0.121. The SMILES string of the molecule is CC1COCCN1CC(=O)N(C)c1ccc2sc3c(-c4cccc5c(=O)cc(N6CCOCC6)oc45)cccc3c2c1. The van der Waals surface area contributed by atoms with Crippen LogP contribution in [0.1, 0.15) is 6.92 Å². The molecule has 8 nitrogen and oxygen atoms in total. The maximum Gasteiger partial charge on any atom is 0.240 e. The molecular weight excluding hydrogens is 550 g/mol. The first-order chi connectivity index (χ1) is 20.5. The number of benzene rings is 3. The molecule has 2 aliphatic rings.